The SMILES string of the molecule is CCCNc1nc2ccccc2cc1C(N)=S. The van der Waals surface area contributed by atoms with Gasteiger partial charge in [-0.3, -0.25) is 0 Å². The van der Waals surface area contributed by atoms with Crippen molar-refractivity contribution in [3.05, 3.63) is 35.9 Å². The van der Waals surface area contributed by atoms with E-state index in [9.17, 15) is 0 Å². The molecular weight excluding hydrogens is 230 g/mol. The predicted octanol–water partition coefficient (Wildman–Crippen LogP) is 2.69. The smallest absolute Gasteiger partial charge is 0.136 e. The monoisotopic (exact) mass is 245 g/mol. The Hall–Kier alpha value is -1.68. The van der Waals surface area contributed by atoms with Gasteiger partial charge in [0.25, 0.3) is 0 Å². The Kier molecular flexibility index (Phi) is 3.54. The maximum atomic E-state index is 5.73. The van der Waals surface area contributed by atoms with Gasteiger partial charge in [-0.25, -0.2) is 4.98 Å². The average Bonchev–Trinajstić information content (AvgIpc) is 2.35. The highest BCUT2D eigenvalue weighted by atomic mass is 32.1. The number of pyridine rings is 1. The quantitative estimate of drug-likeness (QED) is 0.813. The number of aromatic nitrogens is 1. The van der Waals surface area contributed by atoms with Crippen molar-refractivity contribution in [3.63, 3.8) is 0 Å². The first-order valence-electron chi connectivity index (χ1n) is 5.66. The third kappa shape index (κ3) is 2.53. The number of hydrogen-bond acceptors (Lipinski definition) is 3. The molecule has 0 spiro atoms. The second-order valence-corrected chi connectivity index (χ2v) is 4.31. The third-order valence-corrected chi connectivity index (χ3v) is 2.75. The molecule has 0 amide bonds. The van der Waals surface area contributed by atoms with Crippen molar-refractivity contribution in [2.75, 3.05) is 11.9 Å². The van der Waals surface area contributed by atoms with Gasteiger partial charge in [-0.2, -0.15) is 0 Å². The summed E-state index contributed by atoms with van der Waals surface area (Å²) in [6.07, 6.45) is 1.03. The molecule has 0 aliphatic heterocycles. The van der Waals surface area contributed by atoms with Crippen LogP contribution in [0.5, 0.6) is 0 Å². The summed E-state index contributed by atoms with van der Waals surface area (Å²) in [6.45, 7) is 2.97. The minimum absolute atomic E-state index is 0.377. The van der Waals surface area contributed by atoms with Crippen LogP contribution in [0.25, 0.3) is 10.9 Å². The topological polar surface area (TPSA) is 50.9 Å². The summed E-state index contributed by atoms with van der Waals surface area (Å²) < 4.78 is 0. The number of para-hydroxylation sites is 1. The van der Waals surface area contributed by atoms with Crippen LogP contribution in [0.15, 0.2) is 30.3 Å². The maximum Gasteiger partial charge on any atom is 0.136 e. The number of rotatable bonds is 4. The highest BCUT2D eigenvalue weighted by Gasteiger charge is 2.08. The van der Waals surface area contributed by atoms with Crippen molar-refractivity contribution in [1.82, 2.24) is 4.98 Å². The first-order chi connectivity index (χ1) is 8.22. The molecule has 2 aromatic rings. The van der Waals surface area contributed by atoms with Crippen LogP contribution in [0.1, 0.15) is 18.9 Å². The molecule has 0 saturated heterocycles. The standard InChI is InChI=1S/C13H15N3S/c1-2-7-15-13-10(12(14)17)8-9-5-3-4-6-11(9)16-13/h3-6,8H,2,7H2,1H3,(H2,14,17)(H,15,16). The van der Waals surface area contributed by atoms with Crippen molar-refractivity contribution in [2.24, 2.45) is 5.73 Å². The number of thiocarbonyl (C=S) groups is 1. The van der Waals surface area contributed by atoms with Crippen molar-refractivity contribution in [3.8, 4) is 0 Å². The zero-order valence-electron chi connectivity index (χ0n) is 9.73. The maximum absolute atomic E-state index is 5.73. The summed E-state index contributed by atoms with van der Waals surface area (Å²) in [5.74, 6) is 0.776. The molecule has 0 atom stereocenters. The molecule has 0 fully saturated rings. The van der Waals surface area contributed by atoms with Crippen molar-refractivity contribution < 1.29 is 0 Å². The van der Waals surface area contributed by atoms with E-state index in [0.717, 1.165) is 35.2 Å². The number of fused-ring (bicyclic) bond motifs is 1. The largest absolute Gasteiger partial charge is 0.389 e. The van der Waals surface area contributed by atoms with Crippen LogP contribution in [0.2, 0.25) is 0 Å². The molecule has 3 N–H and O–H groups in total. The van der Waals surface area contributed by atoms with Crippen LogP contribution in [0.4, 0.5) is 5.82 Å². The molecule has 0 radical (unpaired) electrons. The highest BCUT2D eigenvalue weighted by molar-refractivity contribution is 7.80. The molecule has 0 aliphatic rings. The lowest BCUT2D eigenvalue weighted by Gasteiger charge is -2.10. The molecule has 0 unspecified atom stereocenters. The number of nitrogens with one attached hydrogen (secondary N) is 1. The Morgan fingerprint density at radius 2 is 2.18 bits per heavy atom. The Labute approximate surface area is 106 Å². The Morgan fingerprint density at radius 3 is 2.88 bits per heavy atom. The van der Waals surface area contributed by atoms with Crippen LogP contribution in [-0.2, 0) is 0 Å². The van der Waals surface area contributed by atoms with E-state index in [2.05, 4.69) is 17.2 Å². The van der Waals surface area contributed by atoms with E-state index >= 15 is 0 Å². The second kappa shape index (κ2) is 5.10. The molecule has 1 heterocycles. The number of nitrogens with two attached hydrogens (primary N) is 1. The van der Waals surface area contributed by atoms with Gasteiger partial charge in [0.1, 0.15) is 10.8 Å². The molecule has 3 nitrogen and oxygen atoms in total. The molecule has 0 bridgehead atoms. The summed E-state index contributed by atoms with van der Waals surface area (Å²) in [5, 5.41) is 4.31. The fourth-order valence-electron chi connectivity index (χ4n) is 1.68. The summed E-state index contributed by atoms with van der Waals surface area (Å²) in [4.78, 5) is 4.93. The zero-order chi connectivity index (χ0) is 12.3. The first kappa shape index (κ1) is 11.8. The van der Waals surface area contributed by atoms with Gasteiger partial charge in [0.2, 0.25) is 0 Å². The van der Waals surface area contributed by atoms with Gasteiger partial charge < -0.3 is 11.1 Å². The van der Waals surface area contributed by atoms with Crippen LogP contribution in [-0.4, -0.2) is 16.5 Å². The summed E-state index contributed by atoms with van der Waals surface area (Å²) in [5.41, 5.74) is 7.49. The Bertz CT molecular complexity index is 551. The van der Waals surface area contributed by atoms with E-state index in [1.165, 1.54) is 0 Å². The Morgan fingerprint density at radius 1 is 1.41 bits per heavy atom. The molecule has 1 aromatic heterocycles. The van der Waals surface area contributed by atoms with Crippen LogP contribution < -0.4 is 11.1 Å². The lowest BCUT2D eigenvalue weighted by atomic mass is 10.1. The number of nitrogens with zero attached hydrogens (tertiary/aromatic N) is 1. The van der Waals surface area contributed by atoms with Gasteiger partial charge >= 0.3 is 0 Å². The normalized spacial score (nSPS) is 10.4. The minimum atomic E-state index is 0.377. The van der Waals surface area contributed by atoms with Gasteiger partial charge in [0, 0.05) is 11.9 Å². The fraction of sp³-hybridized carbons (Fsp3) is 0.231. The fourth-order valence-corrected chi connectivity index (χ4v) is 1.84. The molecule has 88 valence electrons. The Balaban J connectivity index is 2.54. The van der Waals surface area contributed by atoms with Gasteiger partial charge in [-0.1, -0.05) is 37.3 Å². The van der Waals surface area contributed by atoms with Gasteiger partial charge in [-0.15, -0.1) is 0 Å². The van der Waals surface area contributed by atoms with Gasteiger partial charge in [0.05, 0.1) is 11.1 Å². The number of anilines is 1. The molecule has 17 heavy (non-hydrogen) atoms. The highest BCUT2D eigenvalue weighted by Crippen LogP contribution is 2.20. The van der Waals surface area contributed by atoms with E-state index in [1.807, 2.05) is 30.3 Å². The van der Waals surface area contributed by atoms with E-state index in [4.69, 9.17) is 18.0 Å². The molecule has 4 heteroatoms. The van der Waals surface area contributed by atoms with Crippen molar-refractivity contribution in [2.45, 2.75) is 13.3 Å². The first-order valence-corrected chi connectivity index (χ1v) is 6.06. The van der Waals surface area contributed by atoms with Crippen LogP contribution >= 0.6 is 12.2 Å². The summed E-state index contributed by atoms with van der Waals surface area (Å²) in [7, 11) is 0. The van der Waals surface area contributed by atoms with Crippen LogP contribution in [0, 0.1) is 0 Å². The lowest BCUT2D eigenvalue weighted by molar-refractivity contribution is 0.971. The van der Waals surface area contributed by atoms with E-state index in [1.54, 1.807) is 0 Å². The predicted molar refractivity (Wildman–Crippen MR) is 76.4 cm³/mol. The number of benzene rings is 1. The minimum Gasteiger partial charge on any atom is -0.389 e. The van der Waals surface area contributed by atoms with Gasteiger partial charge in [0.15, 0.2) is 0 Å². The number of hydrogen-bond donors (Lipinski definition) is 2. The van der Waals surface area contributed by atoms with E-state index < -0.39 is 0 Å². The lowest BCUT2D eigenvalue weighted by Crippen LogP contribution is -2.15. The molecule has 0 aliphatic carbocycles. The van der Waals surface area contributed by atoms with Crippen LogP contribution in [0.3, 0.4) is 0 Å². The zero-order valence-corrected chi connectivity index (χ0v) is 10.6. The average molecular weight is 245 g/mol. The molecule has 1 aromatic carbocycles. The molecule has 0 saturated carbocycles. The van der Waals surface area contributed by atoms with Crippen molar-refractivity contribution >= 4 is 33.9 Å². The summed E-state index contributed by atoms with van der Waals surface area (Å²) >= 11 is 5.06. The van der Waals surface area contributed by atoms with E-state index in [-0.39, 0.29) is 0 Å². The molecule has 2 rings (SSSR count). The third-order valence-electron chi connectivity index (χ3n) is 2.53. The summed E-state index contributed by atoms with van der Waals surface area (Å²) in [6, 6.07) is 9.93. The van der Waals surface area contributed by atoms with E-state index in [0.29, 0.717) is 4.99 Å². The van der Waals surface area contributed by atoms with Crippen molar-refractivity contribution in [1.29, 1.82) is 0 Å². The molecular formula is C13H15N3S. The van der Waals surface area contributed by atoms with Gasteiger partial charge in [-0.05, 0) is 18.6 Å². The second-order valence-electron chi connectivity index (χ2n) is 3.87.